The number of hydrogen-bond donors (Lipinski definition) is 0. The minimum Gasteiger partial charge on any atom is -0.290 e. The molecular formula is C17H26O2. The molecule has 0 amide bonds. The molecule has 0 unspecified atom stereocenters. The van der Waals surface area contributed by atoms with E-state index < -0.39 is 0 Å². The van der Waals surface area contributed by atoms with Crippen molar-refractivity contribution in [3.05, 3.63) is 23.3 Å². The van der Waals surface area contributed by atoms with E-state index in [0.29, 0.717) is 11.1 Å². The maximum absolute atomic E-state index is 12.5. The Balaban J connectivity index is 2.93. The highest BCUT2D eigenvalue weighted by molar-refractivity contribution is 6.20. The molecule has 0 heterocycles. The van der Waals surface area contributed by atoms with Crippen molar-refractivity contribution in [1.29, 1.82) is 0 Å². The molecule has 0 aromatic rings. The van der Waals surface area contributed by atoms with Gasteiger partial charge in [0.05, 0.1) is 0 Å². The zero-order valence-electron chi connectivity index (χ0n) is 12.9. The monoisotopic (exact) mass is 262 g/mol. The molecule has 106 valence electrons. The molecule has 0 fully saturated rings. The largest absolute Gasteiger partial charge is 0.290 e. The second-order valence-electron chi connectivity index (χ2n) is 6.38. The SMILES string of the molecule is CCCCCC(C)(C)C1=CC(=O)C=C(C(C)C)C1=O. The zero-order valence-corrected chi connectivity index (χ0v) is 12.9. The number of rotatable bonds is 6. The second-order valence-corrected chi connectivity index (χ2v) is 6.38. The summed E-state index contributed by atoms with van der Waals surface area (Å²) >= 11 is 0. The summed E-state index contributed by atoms with van der Waals surface area (Å²) in [7, 11) is 0. The van der Waals surface area contributed by atoms with Crippen LogP contribution in [0.4, 0.5) is 0 Å². The van der Waals surface area contributed by atoms with E-state index >= 15 is 0 Å². The third kappa shape index (κ3) is 3.89. The molecule has 0 aromatic carbocycles. The van der Waals surface area contributed by atoms with Gasteiger partial charge in [-0.3, -0.25) is 9.59 Å². The van der Waals surface area contributed by atoms with Crippen molar-refractivity contribution in [3.8, 4) is 0 Å². The molecule has 19 heavy (non-hydrogen) atoms. The second kappa shape index (κ2) is 6.31. The Kier molecular flexibility index (Phi) is 5.28. The predicted octanol–water partition coefficient (Wildman–Crippen LogP) is 4.25. The van der Waals surface area contributed by atoms with E-state index in [1.54, 1.807) is 6.08 Å². The Labute approximate surface area is 117 Å². The first-order valence-corrected chi connectivity index (χ1v) is 7.32. The van der Waals surface area contributed by atoms with Crippen LogP contribution in [0.2, 0.25) is 0 Å². The van der Waals surface area contributed by atoms with Gasteiger partial charge < -0.3 is 0 Å². The third-order valence-electron chi connectivity index (χ3n) is 3.85. The first kappa shape index (κ1) is 15.9. The van der Waals surface area contributed by atoms with E-state index in [1.807, 2.05) is 13.8 Å². The summed E-state index contributed by atoms with van der Waals surface area (Å²) in [6.07, 6.45) is 7.43. The van der Waals surface area contributed by atoms with E-state index in [9.17, 15) is 9.59 Å². The first-order chi connectivity index (χ1) is 8.79. The van der Waals surface area contributed by atoms with E-state index in [4.69, 9.17) is 0 Å². The van der Waals surface area contributed by atoms with Crippen LogP contribution in [0.25, 0.3) is 0 Å². The molecule has 0 radical (unpaired) electrons. The van der Waals surface area contributed by atoms with E-state index in [1.165, 1.54) is 18.9 Å². The van der Waals surface area contributed by atoms with Gasteiger partial charge >= 0.3 is 0 Å². The summed E-state index contributed by atoms with van der Waals surface area (Å²) in [6, 6.07) is 0. The molecule has 1 aliphatic rings. The van der Waals surface area contributed by atoms with Crippen molar-refractivity contribution < 1.29 is 9.59 Å². The Morgan fingerprint density at radius 2 is 1.74 bits per heavy atom. The predicted molar refractivity (Wildman–Crippen MR) is 78.9 cm³/mol. The molecule has 0 atom stereocenters. The van der Waals surface area contributed by atoms with Crippen molar-refractivity contribution >= 4 is 11.6 Å². The van der Waals surface area contributed by atoms with Crippen molar-refractivity contribution in [1.82, 2.24) is 0 Å². The number of carbonyl (C=O) groups is 2. The molecule has 0 aliphatic heterocycles. The summed E-state index contributed by atoms with van der Waals surface area (Å²) in [5.74, 6) is 0.129. The van der Waals surface area contributed by atoms with Crippen LogP contribution in [-0.4, -0.2) is 11.6 Å². The topological polar surface area (TPSA) is 34.1 Å². The van der Waals surface area contributed by atoms with Crippen LogP contribution in [0.3, 0.4) is 0 Å². The number of ketones is 2. The van der Waals surface area contributed by atoms with Crippen LogP contribution in [0.15, 0.2) is 23.3 Å². The summed E-state index contributed by atoms with van der Waals surface area (Å²) in [5, 5.41) is 0. The number of carbonyl (C=O) groups excluding carboxylic acids is 2. The zero-order chi connectivity index (χ0) is 14.6. The number of hydrogen-bond acceptors (Lipinski definition) is 2. The fraction of sp³-hybridized carbons (Fsp3) is 0.647. The van der Waals surface area contributed by atoms with Gasteiger partial charge in [0.2, 0.25) is 0 Å². The average Bonchev–Trinajstić information content (AvgIpc) is 2.31. The number of Topliss-reactive ketones (excluding diaryl/α,β-unsaturated/α-hetero) is 1. The van der Waals surface area contributed by atoms with Crippen LogP contribution >= 0.6 is 0 Å². The van der Waals surface area contributed by atoms with Gasteiger partial charge in [-0.15, -0.1) is 0 Å². The van der Waals surface area contributed by atoms with Crippen molar-refractivity contribution in [2.75, 3.05) is 0 Å². The molecule has 0 saturated carbocycles. The lowest BCUT2D eigenvalue weighted by Crippen LogP contribution is -2.28. The summed E-state index contributed by atoms with van der Waals surface area (Å²) in [6.45, 7) is 10.2. The Morgan fingerprint density at radius 3 is 2.26 bits per heavy atom. The van der Waals surface area contributed by atoms with Crippen molar-refractivity contribution in [2.24, 2.45) is 11.3 Å². The lowest BCUT2D eigenvalue weighted by atomic mass is 9.73. The molecule has 1 rings (SSSR count). The standard InChI is InChI=1S/C17H26O2/c1-6-7-8-9-17(4,5)15-11-13(18)10-14(12(2)3)16(15)19/h10-12H,6-9H2,1-5H3. The first-order valence-electron chi connectivity index (χ1n) is 7.32. The van der Waals surface area contributed by atoms with E-state index in [0.717, 1.165) is 12.8 Å². The van der Waals surface area contributed by atoms with Crippen molar-refractivity contribution in [2.45, 2.75) is 60.3 Å². The highest BCUT2D eigenvalue weighted by Gasteiger charge is 2.33. The lowest BCUT2D eigenvalue weighted by Gasteiger charge is -2.30. The maximum Gasteiger partial charge on any atom is 0.186 e. The highest BCUT2D eigenvalue weighted by Crippen LogP contribution is 2.37. The van der Waals surface area contributed by atoms with Gasteiger partial charge in [-0.05, 0) is 29.9 Å². The van der Waals surface area contributed by atoms with Gasteiger partial charge in [-0.1, -0.05) is 53.9 Å². The van der Waals surface area contributed by atoms with E-state index in [2.05, 4.69) is 20.8 Å². The van der Waals surface area contributed by atoms with Crippen LogP contribution < -0.4 is 0 Å². The Morgan fingerprint density at radius 1 is 1.11 bits per heavy atom. The third-order valence-corrected chi connectivity index (χ3v) is 3.85. The van der Waals surface area contributed by atoms with Gasteiger partial charge in [0, 0.05) is 11.1 Å². The van der Waals surface area contributed by atoms with Gasteiger partial charge in [0.1, 0.15) is 0 Å². The number of allylic oxidation sites excluding steroid dienone is 4. The van der Waals surface area contributed by atoms with Gasteiger partial charge in [0.25, 0.3) is 0 Å². The average molecular weight is 262 g/mol. The minimum atomic E-state index is -0.212. The molecular weight excluding hydrogens is 236 g/mol. The smallest absolute Gasteiger partial charge is 0.186 e. The highest BCUT2D eigenvalue weighted by atomic mass is 16.1. The summed E-state index contributed by atoms with van der Waals surface area (Å²) < 4.78 is 0. The quantitative estimate of drug-likeness (QED) is 0.529. The molecule has 0 spiro atoms. The maximum atomic E-state index is 12.5. The molecule has 0 N–H and O–H groups in total. The van der Waals surface area contributed by atoms with Gasteiger partial charge in [-0.2, -0.15) is 0 Å². The van der Waals surface area contributed by atoms with Crippen molar-refractivity contribution in [3.63, 3.8) is 0 Å². The molecule has 0 aromatic heterocycles. The summed E-state index contributed by atoms with van der Waals surface area (Å²) in [5.41, 5.74) is 1.14. The van der Waals surface area contributed by atoms with Gasteiger partial charge in [-0.25, -0.2) is 0 Å². The minimum absolute atomic E-state index is 0.0399. The van der Waals surface area contributed by atoms with E-state index in [-0.39, 0.29) is 22.9 Å². The fourth-order valence-corrected chi connectivity index (χ4v) is 2.51. The van der Waals surface area contributed by atoms with Crippen LogP contribution in [-0.2, 0) is 9.59 Å². The summed E-state index contributed by atoms with van der Waals surface area (Å²) in [4.78, 5) is 24.3. The number of unbranched alkanes of at least 4 members (excludes halogenated alkanes) is 2. The normalized spacial score (nSPS) is 16.7. The molecule has 2 heteroatoms. The Bertz CT molecular complexity index is 423. The van der Waals surface area contributed by atoms with Gasteiger partial charge in [0.15, 0.2) is 11.6 Å². The molecule has 1 aliphatic carbocycles. The lowest BCUT2D eigenvalue weighted by molar-refractivity contribution is -0.116. The molecule has 0 saturated heterocycles. The Hall–Kier alpha value is -1.18. The van der Waals surface area contributed by atoms with Crippen LogP contribution in [0, 0.1) is 11.3 Å². The molecule has 0 bridgehead atoms. The van der Waals surface area contributed by atoms with Crippen LogP contribution in [0.1, 0.15) is 60.3 Å². The van der Waals surface area contributed by atoms with Crippen LogP contribution in [0.5, 0.6) is 0 Å². The fourth-order valence-electron chi connectivity index (χ4n) is 2.51. The molecule has 2 nitrogen and oxygen atoms in total.